The van der Waals surface area contributed by atoms with Crippen LogP contribution < -0.4 is 9.47 Å². The van der Waals surface area contributed by atoms with Gasteiger partial charge in [0.25, 0.3) is 0 Å². The Morgan fingerprint density at radius 1 is 0.917 bits per heavy atom. The van der Waals surface area contributed by atoms with Gasteiger partial charge in [-0.15, -0.1) is 0 Å². The maximum Gasteiger partial charge on any atom is 0.313 e. The summed E-state index contributed by atoms with van der Waals surface area (Å²) in [6.45, 7) is 5.35. The van der Waals surface area contributed by atoms with Crippen LogP contribution in [0.5, 0.6) is 11.5 Å². The van der Waals surface area contributed by atoms with E-state index >= 15 is 0 Å². The summed E-state index contributed by atoms with van der Waals surface area (Å²) in [5.74, 6) is 0.481. The highest BCUT2D eigenvalue weighted by Gasteiger charge is 2.29. The van der Waals surface area contributed by atoms with Gasteiger partial charge in [0.2, 0.25) is 0 Å². The van der Waals surface area contributed by atoms with Crippen molar-refractivity contribution in [3.63, 3.8) is 0 Å². The van der Waals surface area contributed by atoms with Crippen LogP contribution in [0.4, 0.5) is 0 Å². The summed E-state index contributed by atoms with van der Waals surface area (Å²) < 4.78 is 11.1. The van der Waals surface area contributed by atoms with Gasteiger partial charge in [0.1, 0.15) is 11.5 Å². The van der Waals surface area contributed by atoms with Crippen LogP contribution in [0.3, 0.4) is 0 Å². The summed E-state index contributed by atoms with van der Waals surface area (Å²) in [6.07, 6.45) is 2.67. The van der Waals surface area contributed by atoms with Crippen molar-refractivity contribution in [2.75, 3.05) is 14.2 Å². The highest BCUT2D eigenvalue weighted by Crippen LogP contribution is 2.37. The lowest BCUT2D eigenvalue weighted by Gasteiger charge is -2.26. The molecule has 0 aliphatic rings. The monoisotopic (exact) mass is 490 g/mol. The minimum absolute atomic E-state index is 0.0378. The molecule has 36 heavy (non-hydrogen) atoms. The van der Waals surface area contributed by atoms with E-state index in [-0.39, 0.29) is 5.92 Å². The second kappa shape index (κ2) is 12.1. The number of rotatable bonds is 12. The number of ether oxygens (including phenoxy) is 2. The van der Waals surface area contributed by atoms with Crippen molar-refractivity contribution in [2.24, 2.45) is 5.92 Å². The maximum absolute atomic E-state index is 11.6. The fourth-order valence-corrected chi connectivity index (χ4v) is 4.62. The number of aliphatic carboxylic acids is 1. The number of hydrogen-bond donors (Lipinski definition) is 2. The number of aryl methyl sites for hydroxylation is 1. The van der Waals surface area contributed by atoms with E-state index in [1.54, 1.807) is 28.1 Å². The molecule has 2 N–H and O–H groups in total. The molecule has 0 aliphatic carbocycles. The quantitative estimate of drug-likeness (QED) is 0.312. The Morgan fingerprint density at radius 2 is 1.50 bits per heavy atom. The van der Waals surface area contributed by atoms with Crippen molar-refractivity contribution in [1.82, 2.24) is 0 Å². The average Bonchev–Trinajstić information content (AvgIpc) is 2.88. The van der Waals surface area contributed by atoms with Gasteiger partial charge in [-0.1, -0.05) is 54.6 Å². The van der Waals surface area contributed by atoms with Crippen molar-refractivity contribution in [1.29, 1.82) is 0 Å². The van der Waals surface area contributed by atoms with Crippen LogP contribution in [0.25, 0.3) is 0 Å². The highest BCUT2D eigenvalue weighted by molar-refractivity contribution is 5.80. The van der Waals surface area contributed by atoms with E-state index in [4.69, 9.17) is 9.47 Å². The molecule has 0 spiro atoms. The predicted molar refractivity (Wildman–Crippen MR) is 143 cm³/mol. The Hall–Kier alpha value is -3.31. The molecule has 1 unspecified atom stereocenters. The largest absolute Gasteiger partial charge is 0.496 e. The van der Waals surface area contributed by atoms with Gasteiger partial charge in [-0.3, -0.25) is 4.79 Å². The second-order valence-corrected chi connectivity index (χ2v) is 9.96. The fraction of sp³-hybridized carbons (Fsp3) is 0.387. The molecule has 5 heteroatoms. The molecule has 0 aliphatic heterocycles. The van der Waals surface area contributed by atoms with Gasteiger partial charge < -0.3 is 19.7 Å². The molecule has 3 aromatic carbocycles. The molecule has 0 heterocycles. The number of aliphatic hydroxyl groups is 1. The molecule has 192 valence electrons. The van der Waals surface area contributed by atoms with E-state index in [1.165, 1.54) is 5.56 Å². The summed E-state index contributed by atoms with van der Waals surface area (Å²) in [6, 6.07) is 21.9. The lowest BCUT2D eigenvalue weighted by Crippen LogP contribution is -2.28. The van der Waals surface area contributed by atoms with Crippen LogP contribution >= 0.6 is 0 Å². The van der Waals surface area contributed by atoms with Gasteiger partial charge in [-0.2, -0.15) is 0 Å². The second-order valence-electron chi connectivity index (χ2n) is 9.96. The van der Waals surface area contributed by atoms with Gasteiger partial charge in [0.05, 0.1) is 25.7 Å². The zero-order valence-corrected chi connectivity index (χ0v) is 22.0. The average molecular weight is 491 g/mol. The van der Waals surface area contributed by atoms with Crippen LogP contribution in [-0.4, -0.2) is 30.4 Å². The summed E-state index contributed by atoms with van der Waals surface area (Å²) in [7, 11) is 3.24. The first-order valence-corrected chi connectivity index (χ1v) is 12.4. The van der Waals surface area contributed by atoms with Crippen molar-refractivity contribution < 1.29 is 24.5 Å². The number of carboxylic acids is 1. The van der Waals surface area contributed by atoms with Crippen LogP contribution in [-0.2, 0) is 23.1 Å². The molecular formula is C31H38O5. The standard InChI is InChI=1S/C31H38O5/c1-21-27(35-4)19-25(20-28(21)36-5)29(32)24(13-9-12-22-10-7-6-8-11-22)18-23-14-16-26(17-15-23)31(2,3)30(33)34/h6-8,10-11,14-17,19-20,24,29,32H,9,12-13,18H2,1-5H3,(H,33,34)/t24-,29?/m1/s1. The Morgan fingerprint density at radius 3 is 2.03 bits per heavy atom. The molecule has 0 bridgehead atoms. The first-order valence-electron chi connectivity index (χ1n) is 12.4. The minimum atomic E-state index is -0.956. The van der Waals surface area contributed by atoms with Crippen LogP contribution in [0.15, 0.2) is 66.7 Å². The lowest BCUT2D eigenvalue weighted by molar-refractivity contribution is -0.142. The summed E-state index contributed by atoms with van der Waals surface area (Å²) in [5.41, 5.74) is 3.81. The number of aliphatic hydroxyl groups excluding tert-OH is 1. The summed E-state index contributed by atoms with van der Waals surface area (Å²) >= 11 is 0. The SMILES string of the molecule is COc1cc(C(O)[C@H](CCCc2ccccc2)Cc2ccc(C(C)(C)C(=O)O)cc2)cc(OC)c1C. The van der Waals surface area contributed by atoms with Crippen molar-refractivity contribution in [3.05, 3.63) is 94.5 Å². The van der Waals surface area contributed by atoms with E-state index in [2.05, 4.69) is 12.1 Å². The third kappa shape index (κ3) is 6.46. The van der Waals surface area contributed by atoms with E-state index in [0.717, 1.165) is 41.5 Å². The third-order valence-electron chi connectivity index (χ3n) is 7.15. The van der Waals surface area contributed by atoms with Gasteiger partial charge >= 0.3 is 5.97 Å². The Balaban J connectivity index is 1.86. The smallest absolute Gasteiger partial charge is 0.313 e. The molecule has 0 radical (unpaired) electrons. The topological polar surface area (TPSA) is 76.0 Å². The maximum atomic E-state index is 11.6. The Bertz CT molecular complexity index is 1110. The first kappa shape index (κ1) is 27.3. The normalized spacial score (nSPS) is 13.2. The molecule has 3 aromatic rings. The molecule has 0 saturated heterocycles. The number of hydrogen-bond acceptors (Lipinski definition) is 4. The molecular weight excluding hydrogens is 452 g/mol. The zero-order valence-electron chi connectivity index (χ0n) is 22.0. The highest BCUT2D eigenvalue weighted by atomic mass is 16.5. The van der Waals surface area contributed by atoms with Crippen LogP contribution in [0.2, 0.25) is 0 Å². The van der Waals surface area contributed by atoms with Crippen molar-refractivity contribution >= 4 is 5.97 Å². The number of carbonyl (C=O) groups is 1. The molecule has 0 saturated carbocycles. The van der Waals surface area contributed by atoms with Crippen molar-refractivity contribution in [3.8, 4) is 11.5 Å². The van der Waals surface area contributed by atoms with Gasteiger partial charge in [0, 0.05) is 5.56 Å². The first-order chi connectivity index (χ1) is 17.2. The third-order valence-corrected chi connectivity index (χ3v) is 7.15. The van der Waals surface area contributed by atoms with E-state index in [1.807, 2.05) is 61.5 Å². The zero-order chi connectivity index (χ0) is 26.3. The molecule has 0 amide bonds. The van der Waals surface area contributed by atoms with E-state index in [0.29, 0.717) is 17.9 Å². The molecule has 5 nitrogen and oxygen atoms in total. The minimum Gasteiger partial charge on any atom is -0.496 e. The number of carboxylic acid groups (broad SMARTS) is 1. The fourth-order valence-electron chi connectivity index (χ4n) is 4.62. The lowest BCUT2D eigenvalue weighted by atomic mass is 9.82. The van der Waals surface area contributed by atoms with Crippen LogP contribution in [0, 0.1) is 12.8 Å². The van der Waals surface area contributed by atoms with Gasteiger partial charge in [-0.25, -0.2) is 0 Å². The summed E-state index contributed by atoms with van der Waals surface area (Å²) in [4.78, 5) is 11.6. The molecule has 0 aromatic heterocycles. The predicted octanol–water partition coefficient (Wildman–Crippen LogP) is 6.29. The molecule has 0 fully saturated rings. The Labute approximate surface area is 214 Å². The Kier molecular flexibility index (Phi) is 9.16. The molecule has 3 rings (SSSR count). The molecule has 2 atom stereocenters. The number of methoxy groups -OCH3 is 2. The van der Waals surface area contributed by atoms with Crippen LogP contribution in [0.1, 0.15) is 60.6 Å². The number of benzene rings is 3. The van der Waals surface area contributed by atoms with E-state index < -0.39 is 17.5 Å². The van der Waals surface area contributed by atoms with Crippen molar-refractivity contribution in [2.45, 2.75) is 58.0 Å². The summed E-state index contributed by atoms with van der Waals surface area (Å²) in [5, 5.41) is 21.1. The van der Waals surface area contributed by atoms with Gasteiger partial charge in [-0.05, 0) is 86.8 Å². The van der Waals surface area contributed by atoms with E-state index in [9.17, 15) is 15.0 Å². The van der Waals surface area contributed by atoms with Gasteiger partial charge in [0.15, 0.2) is 0 Å².